The van der Waals surface area contributed by atoms with Gasteiger partial charge in [0.1, 0.15) is 0 Å². The first-order valence-electron chi connectivity index (χ1n) is 9.43. The van der Waals surface area contributed by atoms with Crippen LogP contribution in [0.4, 0.5) is 0 Å². The van der Waals surface area contributed by atoms with Gasteiger partial charge in [-0.25, -0.2) is 0 Å². The zero-order valence-corrected chi connectivity index (χ0v) is 19.0. The minimum atomic E-state index is -0.229. The molecule has 3 aromatic rings. The van der Waals surface area contributed by atoms with E-state index in [2.05, 4.69) is 15.5 Å². The van der Waals surface area contributed by atoms with Gasteiger partial charge in [-0.15, -0.1) is 10.2 Å². The van der Waals surface area contributed by atoms with Crippen molar-refractivity contribution in [1.82, 2.24) is 20.1 Å². The monoisotopic (exact) mass is 458 g/mol. The second-order valence-electron chi connectivity index (χ2n) is 6.54. The smallest absolute Gasteiger partial charge is 0.244 e. The van der Waals surface area contributed by atoms with E-state index in [1.54, 1.807) is 44.2 Å². The zero-order valence-electron chi connectivity index (χ0n) is 17.5. The second-order valence-corrected chi connectivity index (χ2v) is 7.92. The largest absolute Gasteiger partial charge is 0.493 e. The van der Waals surface area contributed by atoms with Crippen LogP contribution in [0.5, 0.6) is 11.5 Å². The first-order valence-corrected chi connectivity index (χ1v) is 10.8. The molecule has 0 aliphatic carbocycles. The molecule has 0 saturated carbocycles. The van der Waals surface area contributed by atoms with Gasteiger partial charge in [-0.1, -0.05) is 41.6 Å². The number of benzene rings is 2. The van der Waals surface area contributed by atoms with Crippen molar-refractivity contribution in [3.63, 3.8) is 0 Å². The first-order chi connectivity index (χ1) is 15.0. The van der Waals surface area contributed by atoms with E-state index in [0.717, 1.165) is 22.0 Å². The van der Waals surface area contributed by atoms with Crippen LogP contribution in [-0.4, -0.2) is 34.9 Å². The molecule has 0 unspecified atom stereocenters. The molecule has 0 spiro atoms. The number of aromatic nitrogens is 3. The molecule has 0 bridgehead atoms. The van der Waals surface area contributed by atoms with Crippen molar-refractivity contribution in [2.45, 2.75) is 17.5 Å². The van der Waals surface area contributed by atoms with Gasteiger partial charge in [-0.05, 0) is 41.5 Å². The van der Waals surface area contributed by atoms with Crippen molar-refractivity contribution >= 4 is 35.3 Å². The fraction of sp³-hybridized carbons (Fsp3) is 0.227. The van der Waals surface area contributed by atoms with Gasteiger partial charge in [0.2, 0.25) is 5.91 Å². The maximum Gasteiger partial charge on any atom is 0.244 e. The number of carbonyl (C=O) groups excluding carboxylic acids is 1. The standard InChI is InChI=1S/C22H23ClN4O3S/c1-27-20(25-26-22(27)31-14-16-4-8-17(23)9-5-16)13-24-21(28)11-7-15-6-10-18(29-2)19(12-15)30-3/h4-12H,13-14H2,1-3H3,(H,24,28). The minimum Gasteiger partial charge on any atom is -0.493 e. The molecule has 0 aliphatic rings. The Morgan fingerprint density at radius 1 is 1.13 bits per heavy atom. The molecular formula is C22H23ClN4O3S. The average molecular weight is 459 g/mol. The number of methoxy groups -OCH3 is 2. The third-order valence-electron chi connectivity index (χ3n) is 4.46. The molecule has 3 rings (SSSR count). The van der Waals surface area contributed by atoms with Gasteiger partial charge in [-0.2, -0.15) is 0 Å². The van der Waals surface area contributed by atoms with E-state index in [9.17, 15) is 4.79 Å². The molecular weight excluding hydrogens is 436 g/mol. The number of nitrogens with one attached hydrogen (secondary N) is 1. The fourth-order valence-electron chi connectivity index (χ4n) is 2.71. The number of hydrogen-bond donors (Lipinski definition) is 1. The summed E-state index contributed by atoms with van der Waals surface area (Å²) < 4.78 is 12.4. The maximum absolute atomic E-state index is 12.2. The van der Waals surface area contributed by atoms with Gasteiger partial charge in [0.05, 0.1) is 20.8 Å². The van der Waals surface area contributed by atoms with Crippen molar-refractivity contribution in [2.24, 2.45) is 7.05 Å². The molecule has 0 saturated heterocycles. The van der Waals surface area contributed by atoms with E-state index in [4.69, 9.17) is 21.1 Å². The molecule has 31 heavy (non-hydrogen) atoms. The minimum absolute atomic E-state index is 0.229. The topological polar surface area (TPSA) is 78.3 Å². The second kappa shape index (κ2) is 10.9. The number of carbonyl (C=O) groups is 1. The fourth-order valence-corrected chi connectivity index (χ4v) is 3.72. The highest BCUT2D eigenvalue weighted by molar-refractivity contribution is 7.98. The summed E-state index contributed by atoms with van der Waals surface area (Å²) in [5, 5.41) is 12.7. The molecule has 0 fully saturated rings. The Labute approximate surface area is 190 Å². The summed E-state index contributed by atoms with van der Waals surface area (Å²) in [5.74, 6) is 2.44. The molecule has 0 atom stereocenters. The van der Waals surface area contributed by atoms with E-state index in [1.165, 1.54) is 6.08 Å². The van der Waals surface area contributed by atoms with Crippen LogP contribution in [-0.2, 0) is 24.1 Å². The summed E-state index contributed by atoms with van der Waals surface area (Å²) in [4.78, 5) is 12.2. The summed E-state index contributed by atoms with van der Waals surface area (Å²) in [6, 6.07) is 13.1. The number of amides is 1. The van der Waals surface area contributed by atoms with Crippen LogP contribution in [0, 0.1) is 0 Å². The van der Waals surface area contributed by atoms with Gasteiger partial charge in [0, 0.05) is 23.9 Å². The Bertz CT molecular complexity index is 1070. The van der Waals surface area contributed by atoms with Crippen molar-refractivity contribution in [3.8, 4) is 11.5 Å². The Morgan fingerprint density at radius 2 is 1.87 bits per heavy atom. The van der Waals surface area contributed by atoms with E-state index in [0.29, 0.717) is 22.3 Å². The molecule has 2 aromatic carbocycles. The summed E-state index contributed by atoms with van der Waals surface area (Å²) in [7, 11) is 5.03. The van der Waals surface area contributed by atoms with Crippen LogP contribution in [0.15, 0.2) is 53.7 Å². The van der Waals surface area contributed by atoms with Crippen molar-refractivity contribution in [3.05, 3.63) is 70.5 Å². The summed E-state index contributed by atoms with van der Waals surface area (Å²) in [5.41, 5.74) is 1.97. The van der Waals surface area contributed by atoms with Crippen molar-refractivity contribution in [2.75, 3.05) is 14.2 Å². The van der Waals surface area contributed by atoms with Gasteiger partial charge in [0.25, 0.3) is 0 Å². The molecule has 1 heterocycles. The number of halogens is 1. The van der Waals surface area contributed by atoms with Crippen molar-refractivity contribution in [1.29, 1.82) is 0 Å². The van der Waals surface area contributed by atoms with Crippen molar-refractivity contribution < 1.29 is 14.3 Å². The van der Waals surface area contributed by atoms with Crippen LogP contribution in [0.25, 0.3) is 6.08 Å². The Balaban J connectivity index is 1.53. The third-order valence-corrected chi connectivity index (χ3v) is 5.81. The van der Waals surface area contributed by atoms with E-state index < -0.39 is 0 Å². The molecule has 9 heteroatoms. The number of nitrogens with zero attached hydrogens (tertiary/aromatic N) is 3. The third kappa shape index (κ3) is 6.26. The number of rotatable bonds is 9. The van der Waals surface area contributed by atoms with Crippen LogP contribution < -0.4 is 14.8 Å². The summed E-state index contributed by atoms with van der Waals surface area (Å²) in [6.07, 6.45) is 3.18. The number of hydrogen-bond acceptors (Lipinski definition) is 6. The predicted molar refractivity (Wildman–Crippen MR) is 122 cm³/mol. The quantitative estimate of drug-likeness (QED) is 0.384. The molecule has 0 radical (unpaired) electrons. The summed E-state index contributed by atoms with van der Waals surface area (Å²) >= 11 is 7.49. The molecule has 1 aromatic heterocycles. The van der Waals surface area contributed by atoms with Gasteiger partial charge < -0.3 is 19.4 Å². The van der Waals surface area contributed by atoms with Gasteiger partial charge in [-0.3, -0.25) is 4.79 Å². The van der Waals surface area contributed by atoms with Crippen LogP contribution in [0.1, 0.15) is 17.0 Å². The SMILES string of the molecule is COc1ccc(C=CC(=O)NCc2nnc(SCc3ccc(Cl)cc3)n2C)cc1OC. The van der Waals surface area contributed by atoms with Crippen LogP contribution in [0.3, 0.4) is 0 Å². The van der Waals surface area contributed by atoms with Crippen LogP contribution in [0.2, 0.25) is 5.02 Å². The Hall–Kier alpha value is -2.97. The van der Waals surface area contributed by atoms with E-state index in [-0.39, 0.29) is 12.5 Å². The highest BCUT2D eigenvalue weighted by Crippen LogP contribution is 2.28. The normalized spacial score (nSPS) is 11.0. The maximum atomic E-state index is 12.2. The molecule has 162 valence electrons. The van der Waals surface area contributed by atoms with Gasteiger partial charge >= 0.3 is 0 Å². The lowest BCUT2D eigenvalue weighted by atomic mass is 10.2. The lowest BCUT2D eigenvalue weighted by Crippen LogP contribution is -2.22. The van der Waals surface area contributed by atoms with Gasteiger partial charge in [0.15, 0.2) is 22.5 Å². The zero-order chi connectivity index (χ0) is 22.2. The summed E-state index contributed by atoms with van der Waals surface area (Å²) in [6.45, 7) is 0.278. The molecule has 7 nitrogen and oxygen atoms in total. The average Bonchev–Trinajstić information content (AvgIpc) is 3.14. The first kappa shape index (κ1) is 22.7. The number of ether oxygens (including phenoxy) is 2. The highest BCUT2D eigenvalue weighted by Gasteiger charge is 2.10. The predicted octanol–water partition coefficient (Wildman–Crippen LogP) is 4.11. The number of thioether (sulfide) groups is 1. The highest BCUT2D eigenvalue weighted by atomic mass is 35.5. The van der Waals surface area contributed by atoms with E-state index in [1.807, 2.05) is 41.9 Å². The van der Waals surface area contributed by atoms with Crippen LogP contribution >= 0.6 is 23.4 Å². The molecule has 0 aliphatic heterocycles. The lowest BCUT2D eigenvalue weighted by Gasteiger charge is -2.07. The Morgan fingerprint density at radius 3 is 2.58 bits per heavy atom. The van der Waals surface area contributed by atoms with E-state index >= 15 is 0 Å². The molecule has 1 N–H and O–H groups in total. The molecule has 1 amide bonds. The lowest BCUT2D eigenvalue weighted by molar-refractivity contribution is -0.116. The Kier molecular flexibility index (Phi) is 7.97.